The minimum Gasteiger partial charge on any atom is -0.297 e. The monoisotopic (exact) mass is 215 g/mol. The first kappa shape index (κ1) is 12.3. The Morgan fingerprint density at radius 2 is 1.85 bits per heavy atom. The lowest BCUT2D eigenvalue weighted by Crippen LogP contribution is -2.38. The number of carbonyl (C=O) groups excluding carboxylic acids is 1. The number of amides is 1. The highest BCUT2D eigenvalue weighted by atomic mass is 32.3. The molecule has 0 spiro atoms. The average Bonchev–Trinajstić information content (AvgIpc) is 2.00. The number of nitrogens with zero attached hydrogens (tertiary/aromatic N) is 1. The van der Waals surface area contributed by atoms with E-state index in [9.17, 15) is 18.0 Å². The molecule has 0 saturated heterocycles. The van der Waals surface area contributed by atoms with Gasteiger partial charge in [0, 0.05) is 7.05 Å². The summed E-state index contributed by atoms with van der Waals surface area (Å²) in [4.78, 5) is 10.7. The van der Waals surface area contributed by atoms with Crippen molar-refractivity contribution in [3.63, 3.8) is 0 Å². The van der Waals surface area contributed by atoms with Crippen LogP contribution >= 0.6 is 10.2 Å². The van der Waals surface area contributed by atoms with Crippen molar-refractivity contribution in [3.8, 4) is 0 Å². The van der Waals surface area contributed by atoms with Gasteiger partial charge in [-0.1, -0.05) is 6.58 Å². The van der Waals surface area contributed by atoms with Crippen LogP contribution in [-0.2, 0) is 4.79 Å². The molecular formula is C7H12F3NOS. The molecule has 0 saturated carbocycles. The van der Waals surface area contributed by atoms with E-state index in [2.05, 4.69) is 6.58 Å². The van der Waals surface area contributed by atoms with Gasteiger partial charge in [-0.3, -0.25) is 9.10 Å². The number of hydrogen-bond acceptors (Lipinski definition) is 1. The fourth-order valence-electron chi connectivity index (χ4n) is 0.504. The first-order chi connectivity index (χ1) is 5.63. The summed E-state index contributed by atoms with van der Waals surface area (Å²) in [6.45, 7) is 3.39. The molecule has 0 rings (SSSR count). The summed E-state index contributed by atoms with van der Waals surface area (Å²) >= 11 is 0. The second-order valence-corrected chi connectivity index (χ2v) is 6.40. The molecule has 78 valence electrons. The minimum absolute atomic E-state index is 0.694. The molecule has 0 N–H and O–H groups in total. The third-order valence-electron chi connectivity index (χ3n) is 1.64. The van der Waals surface area contributed by atoms with Gasteiger partial charge in [0.15, 0.2) is 0 Å². The highest BCUT2D eigenvalue weighted by molar-refractivity contribution is 8.33. The number of halogens is 3. The van der Waals surface area contributed by atoms with Gasteiger partial charge in [-0.15, -0.1) is 0 Å². The van der Waals surface area contributed by atoms with Crippen LogP contribution in [0.25, 0.3) is 0 Å². The van der Waals surface area contributed by atoms with Crippen LogP contribution in [0.3, 0.4) is 0 Å². The minimum atomic E-state index is -4.80. The van der Waals surface area contributed by atoms with Gasteiger partial charge in [0.05, 0.1) is 0 Å². The third-order valence-corrected chi connectivity index (χ3v) is 4.04. The molecule has 0 aromatic rings. The molecule has 13 heavy (non-hydrogen) atoms. The van der Waals surface area contributed by atoms with E-state index in [-0.39, 0.29) is 0 Å². The summed E-state index contributed by atoms with van der Waals surface area (Å²) in [5, 5.41) is 1.37. The predicted octanol–water partition coefficient (Wildman–Crippen LogP) is 2.13. The predicted molar refractivity (Wildman–Crippen MR) is 48.5 cm³/mol. The Balaban J connectivity index is 4.72. The van der Waals surface area contributed by atoms with Crippen molar-refractivity contribution >= 4 is 16.1 Å². The molecular weight excluding hydrogens is 203 g/mol. The van der Waals surface area contributed by atoms with Crippen LogP contribution in [0.15, 0.2) is 12.0 Å². The smallest absolute Gasteiger partial charge is 0.297 e. The second-order valence-electron chi connectivity index (χ2n) is 2.82. The van der Waals surface area contributed by atoms with E-state index in [1.807, 2.05) is 0 Å². The Bertz CT molecular complexity index is 224. The quantitative estimate of drug-likeness (QED) is 0.691. The number of alkyl halides is 3. The zero-order valence-electron chi connectivity index (χ0n) is 7.68. The summed E-state index contributed by atoms with van der Waals surface area (Å²) in [5.74, 6) is -1.83. The Hall–Kier alpha value is -0.650. The maximum Gasteiger partial charge on any atom is 0.472 e. The molecule has 2 nitrogen and oxygen atoms in total. The molecule has 0 bridgehead atoms. The van der Waals surface area contributed by atoms with Gasteiger partial charge in [0.25, 0.3) is 0 Å². The Labute approximate surface area is 76.9 Å². The zero-order valence-corrected chi connectivity index (χ0v) is 8.50. The second kappa shape index (κ2) is 3.61. The number of rotatable bonds is 2. The molecule has 0 unspecified atom stereocenters. The van der Waals surface area contributed by atoms with Gasteiger partial charge in [0.1, 0.15) is 0 Å². The van der Waals surface area contributed by atoms with Crippen LogP contribution in [0.4, 0.5) is 13.2 Å². The standard InChI is InChI=1S/C7H12F3NOS/c1-5-13(3,4)11(2)6(12)7(8,9)10/h5H,1H2,2-4H3. The van der Waals surface area contributed by atoms with Crippen LogP contribution in [0.1, 0.15) is 0 Å². The Kier molecular flexibility index (Phi) is 3.43. The number of carbonyl (C=O) groups is 1. The lowest BCUT2D eigenvalue weighted by molar-refractivity contribution is -0.178. The van der Waals surface area contributed by atoms with Gasteiger partial charge in [-0.25, -0.2) is 0 Å². The first-order valence-corrected chi connectivity index (χ1v) is 5.80. The summed E-state index contributed by atoms with van der Waals surface area (Å²) in [5.41, 5.74) is 0. The van der Waals surface area contributed by atoms with E-state index >= 15 is 0 Å². The van der Waals surface area contributed by atoms with E-state index < -0.39 is 22.3 Å². The molecule has 0 aromatic heterocycles. The summed E-state index contributed by atoms with van der Waals surface area (Å²) < 4.78 is 36.6. The lowest BCUT2D eigenvalue weighted by Gasteiger charge is -2.37. The van der Waals surface area contributed by atoms with Crippen molar-refractivity contribution in [2.24, 2.45) is 0 Å². The summed E-state index contributed by atoms with van der Waals surface area (Å²) in [6.07, 6.45) is -1.69. The van der Waals surface area contributed by atoms with Crippen molar-refractivity contribution in [2.75, 3.05) is 19.6 Å². The van der Waals surface area contributed by atoms with Crippen LogP contribution in [0.5, 0.6) is 0 Å². The lowest BCUT2D eigenvalue weighted by atomic mass is 10.6. The topological polar surface area (TPSA) is 20.3 Å². The highest BCUT2D eigenvalue weighted by Gasteiger charge is 2.43. The van der Waals surface area contributed by atoms with Gasteiger partial charge in [-0.05, 0) is 17.9 Å². The summed E-state index contributed by atoms with van der Waals surface area (Å²) in [7, 11) is -0.721. The van der Waals surface area contributed by atoms with Crippen LogP contribution in [0, 0.1) is 0 Å². The van der Waals surface area contributed by atoms with Gasteiger partial charge in [-0.2, -0.15) is 23.4 Å². The number of hydrogen-bond donors (Lipinski definition) is 0. The summed E-state index contributed by atoms with van der Waals surface area (Å²) in [6, 6.07) is 0. The zero-order chi connectivity index (χ0) is 10.9. The fourth-order valence-corrected chi connectivity index (χ4v) is 1.26. The normalized spacial score (nSPS) is 13.7. The van der Waals surface area contributed by atoms with Crippen molar-refractivity contribution < 1.29 is 18.0 Å². The molecule has 0 atom stereocenters. The van der Waals surface area contributed by atoms with Gasteiger partial charge < -0.3 is 0 Å². The Morgan fingerprint density at radius 3 is 2.08 bits per heavy atom. The maximum absolute atomic E-state index is 12.0. The molecule has 0 aliphatic rings. The molecule has 0 aliphatic heterocycles. The van der Waals surface area contributed by atoms with Crippen LogP contribution in [0.2, 0.25) is 0 Å². The maximum atomic E-state index is 12.0. The van der Waals surface area contributed by atoms with E-state index in [0.29, 0.717) is 4.31 Å². The SMILES string of the molecule is C=CS(C)(C)N(C)C(=O)C(F)(F)F. The van der Waals surface area contributed by atoms with Crippen molar-refractivity contribution in [1.29, 1.82) is 0 Å². The highest BCUT2D eigenvalue weighted by Crippen LogP contribution is 2.45. The van der Waals surface area contributed by atoms with E-state index in [1.165, 1.54) is 5.41 Å². The molecule has 1 amide bonds. The van der Waals surface area contributed by atoms with Crippen molar-refractivity contribution in [3.05, 3.63) is 12.0 Å². The molecule has 6 heteroatoms. The van der Waals surface area contributed by atoms with Gasteiger partial charge >= 0.3 is 12.1 Å². The van der Waals surface area contributed by atoms with Crippen LogP contribution in [-0.4, -0.2) is 35.9 Å². The molecule has 0 aromatic carbocycles. The van der Waals surface area contributed by atoms with E-state index in [0.717, 1.165) is 7.05 Å². The van der Waals surface area contributed by atoms with Crippen LogP contribution < -0.4 is 0 Å². The van der Waals surface area contributed by atoms with E-state index in [1.54, 1.807) is 12.5 Å². The molecule has 0 radical (unpaired) electrons. The molecule has 0 heterocycles. The molecule has 0 fully saturated rings. The Morgan fingerprint density at radius 1 is 1.46 bits per heavy atom. The largest absolute Gasteiger partial charge is 0.472 e. The van der Waals surface area contributed by atoms with Crippen molar-refractivity contribution in [1.82, 2.24) is 4.31 Å². The van der Waals surface area contributed by atoms with Gasteiger partial charge in [0.2, 0.25) is 0 Å². The average molecular weight is 215 g/mol. The van der Waals surface area contributed by atoms with E-state index in [4.69, 9.17) is 0 Å². The third kappa shape index (κ3) is 2.95. The first-order valence-electron chi connectivity index (χ1n) is 3.33. The fraction of sp³-hybridized carbons (Fsp3) is 0.571. The molecule has 0 aliphatic carbocycles. The van der Waals surface area contributed by atoms with Crippen molar-refractivity contribution in [2.45, 2.75) is 6.18 Å².